The summed E-state index contributed by atoms with van der Waals surface area (Å²) in [6, 6.07) is 8.67. The van der Waals surface area contributed by atoms with Gasteiger partial charge in [0.25, 0.3) is 0 Å². The monoisotopic (exact) mass is 537 g/mol. The lowest BCUT2D eigenvalue weighted by Crippen LogP contribution is -2.37. The minimum absolute atomic E-state index is 0.00469. The van der Waals surface area contributed by atoms with Gasteiger partial charge in [-0.25, -0.2) is 23.5 Å². The van der Waals surface area contributed by atoms with E-state index in [1.807, 2.05) is 33.0 Å². The second-order valence-corrected chi connectivity index (χ2v) is 9.71. The molecule has 0 aliphatic carbocycles. The average molecular weight is 538 g/mol. The van der Waals surface area contributed by atoms with Crippen molar-refractivity contribution in [1.29, 1.82) is 5.41 Å². The molecule has 1 aromatic carbocycles. The van der Waals surface area contributed by atoms with Crippen LogP contribution in [0.4, 0.5) is 26.1 Å². The second kappa shape index (κ2) is 12.3. The van der Waals surface area contributed by atoms with Crippen molar-refractivity contribution in [3.63, 3.8) is 0 Å². The van der Waals surface area contributed by atoms with Crippen LogP contribution < -0.4 is 10.2 Å². The highest BCUT2D eigenvalue weighted by molar-refractivity contribution is 6.10. The van der Waals surface area contributed by atoms with Gasteiger partial charge in [0, 0.05) is 61.1 Å². The fourth-order valence-electron chi connectivity index (χ4n) is 4.51. The average Bonchev–Trinajstić information content (AvgIpc) is 2.92. The van der Waals surface area contributed by atoms with E-state index in [4.69, 9.17) is 14.9 Å². The van der Waals surface area contributed by atoms with Gasteiger partial charge < -0.3 is 25.1 Å². The van der Waals surface area contributed by atoms with Gasteiger partial charge >= 0.3 is 5.97 Å². The maximum atomic E-state index is 14.0. The molecule has 2 aromatic heterocycles. The van der Waals surface area contributed by atoms with Crippen molar-refractivity contribution in [1.82, 2.24) is 9.97 Å². The fourth-order valence-corrected chi connectivity index (χ4v) is 4.51. The molecule has 1 saturated heterocycles. The Bertz CT molecular complexity index is 1320. The number of hydrogen-bond donors (Lipinski definition) is 2. The van der Waals surface area contributed by atoms with Crippen LogP contribution in [0, 0.1) is 23.0 Å². The molecule has 2 N–H and O–H groups in total. The largest absolute Gasteiger partial charge is 0.461 e. The van der Waals surface area contributed by atoms with E-state index in [2.05, 4.69) is 20.2 Å². The number of nitrogens with zero attached hydrogens (tertiary/aromatic N) is 3. The van der Waals surface area contributed by atoms with E-state index in [1.54, 1.807) is 19.2 Å². The van der Waals surface area contributed by atoms with Crippen molar-refractivity contribution >= 4 is 29.0 Å². The van der Waals surface area contributed by atoms with E-state index < -0.39 is 17.6 Å². The van der Waals surface area contributed by atoms with Crippen LogP contribution in [0.2, 0.25) is 0 Å². The maximum absolute atomic E-state index is 14.0. The number of aromatic nitrogens is 2. The first kappa shape index (κ1) is 28.1. The molecule has 4 rings (SSSR count). The molecule has 0 radical (unpaired) electrons. The Morgan fingerprint density at radius 3 is 2.46 bits per heavy atom. The predicted molar refractivity (Wildman–Crippen MR) is 147 cm³/mol. The Morgan fingerprint density at radius 1 is 1.18 bits per heavy atom. The molecule has 0 amide bonds. The highest BCUT2D eigenvalue weighted by Gasteiger charge is 2.24. The lowest BCUT2D eigenvalue weighted by atomic mass is 9.92. The van der Waals surface area contributed by atoms with Crippen LogP contribution in [0.3, 0.4) is 0 Å². The molecular formula is C29H33F2N5O3. The summed E-state index contributed by atoms with van der Waals surface area (Å²) in [5, 5.41) is 11.8. The Hall–Kier alpha value is -3.92. The number of anilines is 3. The third kappa shape index (κ3) is 6.57. The van der Waals surface area contributed by atoms with Crippen LogP contribution in [0.25, 0.3) is 11.1 Å². The predicted octanol–water partition coefficient (Wildman–Crippen LogP) is 5.98. The van der Waals surface area contributed by atoms with Gasteiger partial charge in [-0.1, -0.05) is 13.8 Å². The Morgan fingerprint density at radius 2 is 1.87 bits per heavy atom. The van der Waals surface area contributed by atoms with Gasteiger partial charge in [-0.3, -0.25) is 0 Å². The second-order valence-electron chi connectivity index (χ2n) is 9.71. The van der Waals surface area contributed by atoms with E-state index in [1.165, 1.54) is 0 Å². The number of ether oxygens (including phenoxy) is 2. The van der Waals surface area contributed by atoms with Gasteiger partial charge in [0.05, 0.1) is 6.61 Å². The third-order valence-electron chi connectivity index (χ3n) is 6.63. The summed E-state index contributed by atoms with van der Waals surface area (Å²) in [6.07, 6.45) is 3.52. The van der Waals surface area contributed by atoms with Crippen LogP contribution >= 0.6 is 0 Å². The molecule has 0 atom stereocenters. The summed E-state index contributed by atoms with van der Waals surface area (Å²) in [4.78, 5) is 24.0. The first-order chi connectivity index (χ1) is 18.7. The Labute approximate surface area is 226 Å². The fraction of sp³-hybridized carbons (Fsp3) is 0.379. The van der Waals surface area contributed by atoms with Crippen molar-refractivity contribution in [3.05, 3.63) is 65.5 Å². The quantitative estimate of drug-likeness (QED) is 0.256. The molecule has 10 heteroatoms. The highest BCUT2D eigenvalue weighted by atomic mass is 19.1. The van der Waals surface area contributed by atoms with E-state index >= 15 is 0 Å². The van der Waals surface area contributed by atoms with Gasteiger partial charge in [-0.15, -0.1) is 0 Å². The van der Waals surface area contributed by atoms with Gasteiger partial charge in [-0.2, -0.15) is 0 Å². The van der Waals surface area contributed by atoms with E-state index in [9.17, 15) is 13.6 Å². The van der Waals surface area contributed by atoms with E-state index in [-0.39, 0.29) is 35.4 Å². The zero-order valence-electron chi connectivity index (χ0n) is 22.6. The molecule has 1 fully saturated rings. The minimum atomic E-state index is -0.770. The van der Waals surface area contributed by atoms with Crippen molar-refractivity contribution in [2.45, 2.75) is 39.7 Å². The number of halogens is 2. The Balaban J connectivity index is 1.83. The summed E-state index contributed by atoms with van der Waals surface area (Å²) in [7, 11) is 2.00. The number of carbonyl (C=O) groups is 1. The van der Waals surface area contributed by atoms with Crippen LogP contribution in [0.1, 0.15) is 49.7 Å². The number of pyridine rings is 2. The number of hydrogen-bond acceptors (Lipinski definition) is 8. The zero-order valence-corrected chi connectivity index (χ0v) is 22.6. The minimum Gasteiger partial charge on any atom is -0.461 e. The summed E-state index contributed by atoms with van der Waals surface area (Å²) >= 11 is 0. The molecule has 1 aliphatic rings. The van der Waals surface area contributed by atoms with E-state index in [0.717, 1.165) is 36.9 Å². The summed E-state index contributed by atoms with van der Waals surface area (Å²) in [5.74, 6) is -1.50. The van der Waals surface area contributed by atoms with Gasteiger partial charge in [0.2, 0.25) is 0 Å². The molecule has 1 aliphatic heterocycles. The highest BCUT2D eigenvalue weighted by Crippen LogP contribution is 2.34. The molecule has 0 spiro atoms. The molecule has 8 nitrogen and oxygen atoms in total. The normalized spacial score (nSPS) is 13.8. The number of nitrogens with one attached hydrogen (secondary N) is 2. The van der Waals surface area contributed by atoms with Crippen LogP contribution in [-0.2, 0) is 9.47 Å². The molecule has 3 heterocycles. The molecule has 206 valence electrons. The van der Waals surface area contributed by atoms with Crippen LogP contribution in [-0.4, -0.2) is 54.6 Å². The van der Waals surface area contributed by atoms with Crippen LogP contribution in [0.15, 0.2) is 42.6 Å². The van der Waals surface area contributed by atoms with Crippen molar-refractivity contribution in [2.24, 2.45) is 5.92 Å². The number of benzene rings is 1. The lowest BCUT2D eigenvalue weighted by Gasteiger charge is -2.32. The maximum Gasteiger partial charge on any atom is 0.357 e. The van der Waals surface area contributed by atoms with Crippen molar-refractivity contribution in [3.8, 4) is 11.1 Å². The molecule has 0 saturated carbocycles. The van der Waals surface area contributed by atoms with Crippen LogP contribution in [0.5, 0.6) is 0 Å². The first-order valence-electron chi connectivity index (χ1n) is 13.0. The smallest absolute Gasteiger partial charge is 0.357 e. The first-order valence-corrected chi connectivity index (χ1v) is 13.0. The van der Waals surface area contributed by atoms with Crippen molar-refractivity contribution < 1.29 is 23.0 Å². The summed E-state index contributed by atoms with van der Waals surface area (Å²) in [6.45, 7) is 6.99. The molecule has 0 bridgehead atoms. The zero-order chi connectivity index (χ0) is 28.1. The summed E-state index contributed by atoms with van der Waals surface area (Å²) < 4.78 is 38.6. The van der Waals surface area contributed by atoms with E-state index in [0.29, 0.717) is 35.9 Å². The van der Waals surface area contributed by atoms with Gasteiger partial charge in [0.15, 0.2) is 5.69 Å². The number of rotatable bonds is 9. The SMILES string of the molecule is CCOC(=O)c1cc(-c2ccc(N(C)C3CCOCC3)nc2)c(C(=N)C(C)C)c(Nc2cc(F)cc(F)c2)n1. The molecule has 39 heavy (non-hydrogen) atoms. The summed E-state index contributed by atoms with van der Waals surface area (Å²) in [5.41, 5.74) is 1.90. The molecule has 3 aromatic rings. The van der Waals surface area contributed by atoms with Crippen molar-refractivity contribution in [2.75, 3.05) is 37.1 Å². The standard InChI is InChI=1S/C29H33F2N5O3/c1-5-39-29(37)24-15-23(18-6-7-25(33-16-18)36(4)22-8-10-38-11-9-22)26(27(32)17(2)3)28(35-24)34-21-13-19(30)12-20(31)14-21/h6-7,12-17,22,32H,5,8-11H2,1-4H3,(H,34,35). The third-order valence-corrected chi connectivity index (χ3v) is 6.63. The molecular weight excluding hydrogens is 504 g/mol. The topological polar surface area (TPSA) is 100 Å². The lowest BCUT2D eigenvalue weighted by molar-refractivity contribution is 0.0519. The Kier molecular flexibility index (Phi) is 8.86. The number of carbonyl (C=O) groups excluding carboxylic acids is 1. The van der Waals surface area contributed by atoms with Gasteiger partial charge in [0.1, 0.15) is 23.3 Å². The number of esters is 1. The van der Waals surface area contributed by atoms with Gasteiger partial charge in [-0.05, 0) is 61.6 Å². The molecule has 0 unspecified atom stereocenters.